The van der Waals surface area contributed by atoms with Gasteiger partial charge in [0, 0.05) is 11.7 Å². The van der Waals surface area contributed by atoms with E-state index in [0.29, 0.717) is 0 Å². The summed E-state index contributed by atoms with van der Waals surface area (Å²) in [6.07, 6.45) is 2.70. The van der Waals surface area contributed by atoms with Crippen LogP contribution in [0.3, 0.4) is 0 Å². The fourth-order valence-corrected chi connectivity index (χ4v) is 2.84. The number of benzene rings is 1. The molecule has 2 aromatic rings. The van der Waals surface area contributed by atoms with Gasteiger partial charge < -0.3 is 10.3 Å². The number of nitrogens with one attached hydrogen (secondary N) is 2. The third-order valence-corrected chi connectivity index (χ3v) is 3.98. The highest BCUT2D eigenvalue weighted by atomic mass is 16.2. The van der Waals surface area contributed by atoms with Crippen molar-refractivity contribution in [3.63, 3.8) is 0 Å². The van der Waals surface area contributed by atoms with E-state index in [1.807, 2.05) is 12.1 Å². The van der Waals surface area contributed by atoms with E-state index in [2.05, 4.69) is 22.4 Å². The van der Waals surface area contributed by atoms with Gasteiger partial charge in [0.1, 0.15) is 5.56 Å². The molecule has 3 rings (SSSR count). The molecule has 1 aliphatic carbocycles. The van der Waals surface area contributed by atoms with Crippen LogP contribution in [0.4, 0.5) is 0 Å². The quantitative estimate of drug-likeness (QED) is 0.884. The van der Waals surface area contributed by atoms with Crippen LogP contribution in [0.2, 0.25) is 0 Å². The van der Waals surface area contributed by atoms with Crippen molar-refractivity contribution in [2.24, 2.45) is 0 Å². The molecule has 1 atom stereocenters. The third-order valence-electron chi connectivity index (χ3n) is 3.98. The summed E-state index contributed by atoms with van der Waals surface area (Å²) >= 11 is 0. The molecule has 0 radical (unpaired) electrons. The van der Waals surface area contributed by atoms with Crippen LogP contribution < -0.4 is 10.9 Å². The van der Waals surface area contributed by atoms with Crippen LogP contribution in [0.15, 0.2) is 41.2 Å². The summed E-state index contributed by atoms with van der Waals surface area (Å²) in [5, 5.41) is 2.98. The number of rotatable bonds is 2. The lowest BCUT2D eigenvalue weighted by Crippen LogP contribution is -2.40. The van der Waals surface area contributed by atoms with Gasteiger partial charge in [-0.1, -0.05) is 24.3 Å². The summed E-state index contributed by atoms with van der Waals surface area (Å²) in [6.45, 7) is 1.79. The first-order valence-corrected chi connectivity index (χ1v) is 7.21. The van der Waals surface area contributed by atoms with Crippen LogP contribution >= 0.6 is 0 Å². The number of amides is 1. The second-order valence-electron chi connectivity index (χ2n) is 5.57. The molecule has 4 nitrogen and oxygen atoms in total. The summed E-state index contributed by atoms with van der Waals surface area (Å²) in [6, 6.07) is 11.7. The van der Waals surface area contributed by atoms with E-state index < -0.39 is 0 Å². The zero-order valence-corrected chi connectivity index (χ0v) is 12.0. The van der Waals surface area contributed by atoms with E-state index in [9.17, 15) is 9.59 Å². The molecule has 1 aromatic heterocycles. The van der Waals surface area contributed by atoms with Gasteiger partial charge in [0.15, 0.2) is 0 Å². The Morgan fingerprint density at radius 1 is 1.19 bits per heavy atom. The van der Waals surface area contributed by atoms with Crippen molar-refractivity contribution in [1.82, 2.24) is 10.3 Å². The van der Waals surface area contributed by atoms with Gasteiger partial charge in [-0.2, -0.15) is 0 Å². The summed E-state index contributed by atoms with van der Waals surface area (Å²) in [5.41, 5.74) is 3.24. The number of carbonyl (C=O) groups is 1. The maximum absolute atomic E-state index is 12.2. The van der Waals surface area contributed by atoms with E-state index in [1.54, 1.807) is 19.1 Å². The molecule has 0 spiro atoms. The van der Waals surface area contributed by atoms with Gasteiger partial charge in [0.2, 0.25) is 0 Å². The molecule has 0 aliphatic heterocycles. The van der Waals surface area contributed by atoms with E-state index in [0.717, 1.165) is 25.0 Å². The minimum atomic E-state index is -0.330. The zero-order chi connectivity index (χ0) is 14.8. The Morgan fingerprint density at radius 2 is 1.95 bits per heavy atom. The monoisotopic (exact) mass is 282 g/mol. The minimum Gasteiger partial charge on any atom is -0.349 e. The smallest absolute Gasteiger partial charge is 0.260 e. The highest BCUT2D eigenvalue weighted by Gasteiger charge is 2.21. The summed E-state index contributed by atoms with van der Waals surface area (Å²) < 4.78 is 0. The second-order valence-corrected chi connectivity index (χ2v) is 5.57. The SMILES string of the molecule is Cc1ccc(C(=O)NC2CCc3ccccc3C2)c(=O)[nH]1. The molecule has 1 aromatic carbocycles. The van der Waals surface area contributed by atoms with Gasteiger partial charge in [-0.05, 0) is 49.4 Å². The number of aromatic amines is 1. The molecule has 4 heteroatoms. The van der Waals surface area contributed by atoms with E-state index >= 15 is 0 Å². The lowest BCUT2D eigenvalue weighted by atomic mass is 9.88. The predicted octanol–water partition coefficient (Wildman–Crippen LogP) is 1.97. The number of carbonyl (C=O) groups excluding carboxylic acids is 1. The maximum atomic E-state index is 12.2. The standard InChI is InChI=1S/C17H18N2O2/c1-11-6-9-15(16(20)18-11)17(21)19-14-8-7-12-4-2-3-5-13(12)10-14/h2-6,9,14H,7-8,10H2,1H3,(H,18,20)(H,19,21). The van der Waals surface area contributed by atoms with Gasteiger partial charge in [0.05, 0.1) is 0 Å². The Balaban J connectivity index is 1.73. The number of hydrogen-bond donors (Lipinski definition) is 2. The zero-order valence-electron chi connectivity index (χ0n) is 12.0. The van der Waals surface area contributed by atoms with Crippen LogP contribution in [0, 0.1) is 6.92 Å². The largest absolute Gasteiger partial charge is 0.349 e. The molecule has 0 fully saturated rings. The molecule has 1 amide bonds. The average molecular weight is 282 g/mol. The third kappa shape index (κ3) is 2.89. The van der Waals surface area contributed by atoms with Crippen LogP contribution in [0.25, 0.3) is 0 Å². The minimum absolute atomic E-state index is 0.0908. The van der Waals surface area contributed by atoms with Crippen molar-refractivity contribution < 1.29 is 4.79 Å². The fraction of sp³-hybridized carbons (Fsp3) is 0.294. The number of aryl methyl sites for hydroxylation is 2. The van der Waals surface area contributed by atoms with Crippen molar-refractivity contribution in [2.45, 2.75) is 32.2 Å². The molecule has 2 N–H and O–H groups in total. The van der Waals surface area contributed by atoms with Gasteiger partial charge in [0.25, 0.3) is 11.5 Å². The molecule has 21 heavy (non-hydrogen) atoms. The average Bonchev–Trinajstić information content (AvgIpc) is 2.47. The summed E-state index contributed by atoms with van der Waals surface area (Å²) in [4.78, 5) is 26.7. The second kappa shape index (κ2) is 5.56. The molecule has 0 saturated carbocycles. The van der Waals surface area contributed by atoms with Crippen molar-refractivity contribution in [3.05, 3.63) is 69.1 Å². The highest BCUT2D eigenvalue weighted by Crippen LogP contribution is 2.21. The highest BCUT2D eigenvalue weighted by molar-refractivity contribution is 5.94. The number of H-pyrrole nitrogens is 1. The summed E-state index contributed by atoms with van der Waals surface area (Å²) in [5.74, 6) is -0.291. The first-order chi connectivity index (χ1) is 10.1. The number of hydrogen-bond acceptors (Lipinski definition) is 2. The van der Waals surface area contributed by atoms with E-state index in [4.69, 9.17) is 0 Å². The molecule has 0 saturated heterocycles. The Hall–Kier alpha value is -2.36. The molecule has 108 valence electrons. The fourth-order valence-electron chi connectivity index (χ4n) is 2.84. The lowest BCUT2D eigenvalue weighted by molar-refractivity contribution is 0.0932. The van der Waals surface area contributed by atoms with E-state index in [-0.39, 0.29) is 23.1 Å². The van der Waals surface area contributed by atoms with Gasteiger partial charge >= 0.3 is 0 Å². The van der Waals surface area contributed by atoms with Gasteiger partial charge in [-0.3, -0.25) is 9.59 Å². The van der Waals surface area contributed by atoms with Crippen LogP contribution in [0.1, 0.15) is 33.6 Å². The Bertz CT molecular complexity index is 734. The Morgan fingerprint density at radius 3 is 2.71 bits per heavy atom. The molecular formula is C17H18N2O2. The number of pyridine rings is 1. The van der Waals surface area contributed by atoms with Crippen LogP contribution in [-0.4, -0.2) is 16.9 Å². The van der Waals surface area contributed by atoms with Crippen molar-refractivity contribution in [2.75, 3.05) is 0 Å². The topological polar surface area (TPSA) is 62.0 Å². The van der Waals surface area contributed by atoms with Crippen molar-refractivity contribution in [3.8, 4) is 0 Å². The molecule has 0 bridgehead atoms. The number of fused-ring (bicyclic) bond motifs is 1. The van der Waals surface area contributed by atoms with Gasteiger partial charge in [-0.25, -0.2) is 0 Å². The van der Waals surface area contributed by atoms with Crippen LogP contribution in [-0.2, 0) is 12.8 Å². The molecular weight excluding hydrogens is 264 g/mol. The number of aromatic nitrogens is 1. The molecule has 1 unspecified atom stereocenters. The van der Waals surface area contributed by atoms with Crippen molar-refractivity contribution >= 4 is 5.91 Å². The van der Waals surface area contributed by atoms with Gasteiger partial charge in [-0.15, -0.1) is 0 Å². The maximum Gasteiger partial charge on any atom is 0.260 e. The normalized spacial score (nSPS) is 17.1. The molecule has 1 heterocycles. The Labute approximate surface area is 123 Å². The first kappa shape index (κ1) is 13.6. The first-order valence-electron chi connectivity index (χ1n) is 7.21. The lowest BCUT2D eigenvalue weighted by Gasteiger charge is -2.25. The molecule has 1 aliphatic rings. The summed E-state index contributed by atoms with van der Waals surface area (Å²) in [7, 11) is 0. The van der Waals surface area contributed by atoms with Crippen LogP contribution in [0.5, 0.6) is 0 Å². The van der Waals surface area contributed by atoms with E-state index in [1.165, 1.54) is 11.1 Å². The van der Waals surface area contributed by atoms with Crippen molar-refractivity contribution in [1.29, 1.82) is 0 Å². The predicted molar refractivity (Wildman–Crippen MR) is 81.5 cm³/mol. The Kier molecular flexibility index (Phi) is 3.60.